The van der Waals surface area contributed by atoms with E-state index in [1.165, 1.54) is 32.1 Å². The molecule has 3 fully saturated rings. The van der Waals surface area contributed by atoms with Gasteiger partial charge in [-0.05, 0) is 62.7 Å². The van der Waals surface area contributed by atoms with Gasteiger partial charge in [0.1, 0.15) is 5.75 Å². The van der Waals surface area contributed by atoms with Crippen molar-refractivity contribution in [2.45, 2.75) is 70.8 Å². The van der Waals surface area contributed by atoms with E-state index in [1.54, 1.807) is 0 Å². The minimum absolute atomic E-state index is 0.114. The summed E-state index contributed by atoms with van der Waals surface area (Å²) >= 11 is 0. The van der Waals surface area contributed by atoms with E-state index in [4.69, 9.17) is 0 Å². The Morgan fingerprint density at radius 3 is 2.43 bits per heavy atom. The number of rotatable bonds is 6. The maximum absolute atomic E-state index is 12.3. The lowest BCUT2D eigenvalue weighted by molar-refractivity contribution is -0.119. The minimum atomic E-state index is -3.27. The van der Waals surface area contributed by atoms with Crippen LogP contribution in [0.3, 0.4) is 0 Å². The number of hydrogen-bond acceptors (Lipinski definition) is 3. The highest BCUT2D eigenvalue weighted by Gasteiger charge is 2.42. The van der Waals surface area contributed by atoms with Crippen molar-refractivity contribution in [3.8, 4) is 0 Å². The molecular weight excluding hydrogens is 310 g/mol. The minimum Gasteiger partial charge on any atom is -0.352 e. The third-order valence-corrected chi connectivity index (χ3v) is 8.07. The summed E-state index contributed by atoms with van der Waals surface area (Å²) < 4.78 is 24.6. The van der Waals surface area contributed by atoms with Crippen LogP contribution in [0, 0.1) is 23.7 Å². The van der Waals surface area contributed by atoms with E-state index in [0.29, 0.717) is 5.92 Å². The molecule has 1 amide bonds. The predicted molar refractivity (Wildman–Crippen MR) is 91.8 cm³/mol. The van der Waals surface area contributed by atoms with Crippen molar-refractivity contribution in [3.63, 3.8) is 0 Å². The van der Waals surface area contributed by atoms with Crippen LogP contribution < -0.4 is 5.32 Å². The van der Waals surface area contributed by atoms with Gasteiger partial charge >= 0.3 is 0 Å². The van der Waals surface area contributed by atoms with Crippen molar-refractivity contribution in [1.29, 1.82) is 0 Å². The normalized spacial score (nSPS) is 32.8. The molecule has 0 aromatic carbocycles. The van der Waals surface area contributed by atoms with Crippen LogP contribution in [0.4, 0.5) is 0 Å². The van der Waals surface area contributed by atoms with E-state index in [0.717, 1.165) is 37.5 Å². The molecule has 132 valence electrons. The molecule has 5 heteroatoms. The van der Waals surface area contributed by atoms with Gasteiger partial charge in [0.2, 0.25) is 5.91 Å². The molecule has 0 aromatic heterocycles. The van der Waals surface area contributed by atoms with Crippen LogP contribution in [0.5, 0.6) is 0 Å². The molecule has 23 heavy (non-hydrogen) atoms. The molecule has 0 heterocycles. The molecule has 0 unspecified atom stereocenters. The predicted octanol–water partition coefficient (Wildman–Crippen LogP) is 2.92. The fourth-order valence-corrected chi connectivity index (χ4v) is 6.93. The molecule has 4 nitrogen and oxygen atoms in total. The molecule has 4 atom stereocenters. The molecule has 0 spiro atoms. The summed E-state index contributed by atoms with van der Waals surface area (Å²) in [6.07, 6.45) is 10.6. The number of amides is 1. The van der Waals surface area contributed by atoms with Crippen molar-refractivity contribution < 1.29 is 13.2 Å². The summed E-state index contributed by atoms with van der Waals surface area (Å²) in [7, 11) is -3.27. The van der Waals surface area contributed by atoms with Crippen LogP contribution in [0.15, 0.2) is 0 Å². The van der Waals surface area contributed by atoms with Crippen molar-refractivity contribution in [3.05, 3.63) is 0 Å². The van der Waals surface area contributed by atoms with Gasteiger partial charge in [0, 0.05) is 6.04 Å². The molecule has 0 radical (unpaired) electrons. The zero-order valence-electron chi connectivity index (χ0n) is 14.3. The summed E-state index contributed by atoms with van der Waals surface area (Å²) in [6, 6.07) is 0.114. The van der Waals surface area contributed by atoms with Crippen LogP contribution in [0.25, 0.3) is 0 Å². The SMILES string of the molecule is C[C@H](NC(=O)CS(=O)(=O)CC1CCCCC1)[C@@H]1C[C@H]2CC[C@H]1C2. The quantitative estimate of drug-likeness (QED) is 0.808. The first-order chi connectivity index (χ1) is 10.9. The molecule has 1 N–H and O–H groups in total. The monoisotopic (exact) mass is 341 g/mol. The Balaban J connectivity index is 1.46. The summed E-state index contributed by atoms with van der Waals surface area (Å²) in [5, 5.41) is 2.98. The van der Waals surface area contributed by atoms with Crippen LogP contribution in [-0.2, 0) is 14.6 Å². The standard InChI is InChI=1S/C18H31NO3S/c1-13(17-10-15-7-8-16(17)9-15)19-18(20)12-23(21,22)11-14-5-3-2-4-6-14/h13-17H,2-12H2,1H3,(H,19,20)/t13-,15-,16-,17-/m0/s1. The second-order valence-electron chi connectivity index (χ2n) is 8.25. The van der Waals surface area contributed by atoms with E-state index in [9.17, 15) is 13.2 Å². The second kappa shape index (κ2) is 7.12. The van der Waals surface area contributed by atoms with Gasteiger partial charge in [-0.25, -0.2) is 8.42 Å². The highest BCUT2D eigenvalue weighted by atomic mass is 32.2. The lowest BCUT2D eigenvalue weighted by Gasteiger charge is -2.28. The molecule has 3 aliphatic rings. The number of hydrogen-bond donors (Lipinski definition) is 1. The summed E-state index contributed by atoms with van der Waals surface area (Å²) in [5.41, 5.74) is 0. The van der Waals surface area contributed by atoms with Gasteiger partial charge in [-0.1, -0.05) is 25.7 Å². The third kappa shape index (κ3) is 4.49. The van der Waals surface area contributed by atoms with Crippen molar-refractivity contribution in [2.24, 2.45) is 23.7 Å². The highest BCUT2D eigenvalue weighted by Crippen LogP contribution is 2.49. The molecule has 2 bridgehead atoms. The lowest BCUT2D eigenvalue weighted by atomic mass is 9.84. The number of nitrogens with one attached hydrogen (secondary N) is 1. The molecule has 0 aliphatic heterocycles. The first-order valence-corrected chi connectivity index (χ1v) is 11.2. The Kier molecular flexibility index (Phi) is 5.34. The van der Waals surface area contributed by atoms with Gasteiger partial charge in [-0.3, -0.25) is 4.79 Å². The molecule has 3 aliphatic carbocycles. The number of carbonyl (C=O) groups is 1. The number of sulfone groups is 1. The first kappa shape index (κ1) is 17.2. The second-order valence-corrected chi connectivity index (χ2v) is 10.4. The molecule has 3 saturated carbocycles. The maximum atomic E-state index is 12.3. The molecule has 0 aromatic rings. The topological polar surface area (TPSA) is 63.2 Å². The number of carbonyl (C=O) groups excluding carboxylic acids is 1. The first-order valence-electron chi connectivity index (χ1n) is 9.43. The Morgan fingerprint density at radius 1 is 1.09 bits per heavy atom. The molecule has 3 rings (SSSR count). The van der Waals surface area contributed by atoms with Crippen LogP contribution >= 0.6 is 0 Å². The fourth-order valence-electron chi connectivity index (χ4n) is 5.28. The van der Waals surface area contributed by atoms with E-state index in [2.05, 4.69) is 12.2 Å². The van der Waals surface area contributed by atoms with Crippen molar-refractivity contribution >= 4 is 15.7 Å². The largest absolute Gasteiger partial charge is 0.352 e. The van der Waals surface area contributed by atoms with E-state index >= 15 is 0 Å². The van der Waals surface area contributed by atoms with Crippen molar-refractivity contribution in [2.75, 3.05) is 11.5 Å². The van der Waals surface area contributed by atoms with E-state index in [1.807, 2.05) is 0 Å². The third-order valence-electron chi connectivity index (χ3n) is 6.39. The van der Waals surface area contributed by atoms with Crippen molar-refractivity contribution in [1.82, 2.24) is 5.32 Å². The van der Waals surface area contributed by atoms with E-state index in [-0.39, 0.29) is 29.4 Å². The summed E-state index contributed by atoms with van der Waals surface area (Å²) in [5.74, 6) is 1.99. The highest BCUT2D eigenvalue weighted by molar-refractivity contribution is 7.92. The van der Waals surface area contributed by atoms with Gasteiger partial charge in [0.15, 0.2) is 9.84 Å². The zero-order valence-corrected chi connectivity index (χ0v) is 15.1. The Bertz CT molecular complexity index is 524. The number of fused-ring (bicyclic) bond motifs is 2. The lowest BCUT2D eigenvalue weighted by Crippen LogP contribution is -2.43. The Labute approximate surface area is 140 Å². The zero-order chi connectivity index (χ0) is 16.4. The van der Waals surface area contributed by atoms with E-state index < -0.39 is 9.84 Å². The smallest absolute Gasteiger partial charge is 0.235 e. The molecule has 0 saturated heterocycles. The van der Waals surface area contributed by atoms with Crippen LogP contribution in [-0.4, -0.2) is 31.9 Å². The van der Waals surface area contributed by atoms with Crippen LogP contribution in [0.2, 0.25) is 0 Å². The molecular formula is C18H31NO3S. The average Bonchev–Trinajstić information content (AvgIpc) is 3.09. The van der Waals surface area contributed by atoms with Gasteiger partial charge < -0.3 is 5.32 Å². The summed E-state index contributed by atoms with van der Waals surface area (Å²) in [4.78, 5) is 12.2. The average molecular weight is 342 g/mol. The van der Waals surface area contributed by atoms with Gasteiger partial charge in [0.05, 0.1) is 5.75 Å². The Morgan fingerprint density at radius 2 is 1.83 bits per heavy atom. The van der Waals surface area contributed by atoms with Gasteiger partial charge in [0.25, 0.3) is 0 Å². The van der Waals surface area contributed by atoms with Crippen LogP contribution in [0.1, 0.15) is 64.7 Å². The Hall–Kier alpha value is -0.580. The summed E-state index contributed by atoms with van der Waals surface area (Å²) in [6.45, 7) is 2.05. The van der Waals surface area contributed by atoms with Gasteiger partial charge in [-0.15, -0.1) is 0 Å². The maximum Gasteiger partial charge on any atom is 0.235 e. The fraction of sp³-hybridized carbons (Fsp3) is 0.944. The van der Waals surface area contributed by atoms with Gasteiger partial charge in [-0.2, -0.15) is 0 Å².